The lowest BCUT2D eigenvalue weighted by molar-refractivity contribution is -0.0816. The van der Waals surface area contributed by atoms with E-state index in [1.807, 2.05) is 6.92 Å². The summed E-state index contributed by atoms with van der Waals surface area (Å²) in [4.78, 5) is 10.8. The SMILES string of the molecule is CN=C(NCCc1nc(C)no1)N1CCOC(C2CCCO2)C1. The van der Waals surface area contributed by atoms with Crippen LogP contribution in [0.1, 0.15) is 24.6 Å². The van der Waals surface area contributed by atoms with Crippen molar-refractivity contribution in [2.24, 2.45) is 4.99 Å². The minimum atomic E-state index is 0.128. The Morgan fingerprint density at radius 3 is 2.91 bits per heavy atom. The quantitative estimate of drug-likeness (QED) is 0.633. The van der Waals surface area contributed by atoms with E-state index in [0.717, 1.165) is 38.5 Å². The van der Waals surface area contributed by atoms with Gasteiger partial charge in [0.05, 0.1) is 12.7 Å². The minimum absolute atomic E-state index is 0.128. The number of rotatable bonds is 4. The van der Waals surface area contributed by atoms with Gasteiger partial charge in [0, 0.05) is 39.7 Å². The number of hydrogen-bond acceptors (Lipinski definition) is 6. The van der Waals surface area contributed by atoms with E-state index in [9.17, 15) is 0 Å². The fourth-order valence-corrected chi connectivity index (χ4v) is 3.04. The second-order valence-corrected chi connectivity index (χ2v) is 5.87. The molecule has 2 aliphatic rings. The zero-order valence-electron chi connectivity index (χ0n) is 13.8. The lowest BCUT2D eigenvalue weighted by atomic mass is 10.1. The molecule has 2 saturated heterocycles. The molecule has 0 aromatic carbocycles. The number of nitrogens with zero attached hydrogens (tertiary/aromatic N) is 4. The van der Waals surface area contributed by atoms with Crippen LogP contribution in [0, 0.1) is 6.92 Å². The average Bonchev–Trinajstić information content (AvgIpc) is 3.23. The first-order valence-electron chi connectivity index (χ1n) is 8.24. The molecule has 1 N–H and O–H groups in total. The summed E-state index contributed by atoms with van der Waals surface area (Å²) >= 11 is 0. The second kappa shape index (κ2) is 7.74. The molecule has 2 atom stereocenters. The third kappa shape index (κ3) is 4.20. The molecule has 1 aromatic heterocycles. The Morgan fingerprint density at radius 2 is 2.22 bits per heavy atom. The highest BCUT2D eigenvalue weighted by atomic mass is 16.5. The topological polar surface area (TPSA) is 85.0 Å². The van der Waals surface area contributed by atoms with Crippen molar-refractivity contribution < 1.29 is 14.0 Å². The molecular formula is C15H25N5O3. The maximum atomic E-state index is 5.88. The van der Waals surface area contributed by atoms with E-state index in [2.05, 4.69) is 25.3 Å². The first-order chi connectivity index (χ1) is 11.3. The number of nitrogens with one attached hydrogen (secondary N) is 1. The highest BCUT2D eigenvalue weighted by Crippen LogP contribution is 2.20. The summed E-state index contributed by atoms with van der Waals surface area (Å²) in [5.41, 5.74) is 0. The fraction of sp³-hybridized carbons (Fsp3) is 0.800. The van der Waals surface area contributed by atoms with Gasteiger partial charge in [-0.05, 0) is 19.8 Å². The van der Waals surface area contributed by atoms with E-state index in [1.165, 1.54) is 0 Å². The largest absolute Gasteiger partial charge is 0.375 e. The van der Waals surface area contributed by atoms with Gasteiger partial charge in [0.1, 0.15) is 6.10 Å². The molecule has 8 nitrogen and oxygen atoms in total. The van der Waals surface area contributed by atoms with Crippen molar-refractivity contribution in [3.8, 4) is 0 Å². The molecule has 2 unspecified atom stereocenters. The molecule has 2 fully saturated rings. The summed E-state index contributed by atoms with van der Waals surface area (Å²) in [7, 11) is 1.80. The lowest BCUT2D eigenvalue weighted by Gasteiger charge is -2.37. The van der Waals surface area contributed by atoms with Crippen LogP contribution in [0.4, 0.5) is 0 Å². The summed E-state index contributed by atoms with van der Waals surface area (Å²) in [5.74, 6) is 2.19. The zero-order valence-corrected chi connectivity index (χ0v) is 13.8. The van der Waals surface area contributed by atoms with Crippen LogP contribution in [-0.4, -0.2) is 73.1 Å². The standard InChI is InChI=1S/C15H25N5O3/c1-11-18-14(23-19-11)5-6-17-15(16-2)20-7-9-22-13(10-20)12-4-3-8-21-12/h12-13H,3-10H2,1-2H3,(H,16,17). The number of hydrogen-bond donors (Lipinski definition) is 1. The van der Waals surface area contributed by atoms with Gasteiger partial charge in [-0.2, -0.15) is 4.98 Å². The lowest BCUT2D eigenvalue weighted by Crippen LogP contribution is -2.53. The number of aliphatic imine (C=N–C) groups is 1. The fourth-order valence-electron chi connectivity index (χ4n) is 3.04. The molecule has 0 spiro atoms. The summed E-state index contributed by atoms with van der Waals surface area (Å²) in [6.45, 7) is 5.72. The summed E-state index contributed by atoms with van der Waals surface area (Å²) < 4.78 is 16.8. The van der Waals surface area contributed by atoms with Crippen molar-refractivity contribution >= 4 is 5.96 Å². The van der Waals surface area contributed by atoms with Crippen LogP contribution in [0.2, 0.25) is 0 Å². The van der Waals surface area contributed by atoms with Gasteiger partial charge in [-0.3, -0.25) is 4.99 Å². The van der Waals surface area contributed by atoms with Gasteiger partial charge in [0.2, 0.25) is 5.89 Å². The van der Waals surface area contributed by atoms with Gasteiger partial charge in [-0.1, -0.05) is 5.16 Å². The molecule has 0 radical (unpaired) electrons. The predicted octanol–water partition coefficient (Wildman–Crippen LogP) is 0.376. The predicted molar refractivity (Wildman–Crippen MR) is 84.4 cm³/mol. The first kappa shape index (κ1) is 16.2. The normalized spacial score (nSPS) is 25.8. The number of ether oxygens (including phenoxy) is 2. The molecule has 0 amide bonds. The second-order valence-electron chi connectivity index (χ2n) is 5.87. The van der Waals surface area contributed by atoms with Crippen LogP contribution in [0.3, 0.4) is 0 Å². The summed E-state index contributed by atoms with van der Waals surface area (Å²) in [5, 5.41) is 7.15. The van der Waals surface area contributed by atoms with Crippen molar-refractivity contribution in [1.29, 1.82) is 0 Å². The minimum Gasteiger partial charge on any atom is -0.375 e. The molecule has 0 saturated carbocycles. The molecule has 0 aliphatic carbocycles. The average molecular weight is 323 g/mol. The van der Waals surface area contributed by atoms with E-state index >= 15 is 0 Å². The van der Waals surface area contributed by atoms with Crippen LogP contribution in [-0.2, 0) is 15.9 Å². The number of aromatic nitrogens is 2. The van der Waals surface area contributed by atoms with Crippen LogP contribution >= 0.6 is 0 Å². The van der Waals surface area contributed by atoms with Gasteiger partial charge in [0.15, 0.2) is 11.8 Å². The Labute approximate surface area is 136 Å². The smallest absolute Gasteiger partial charge is 0.228 e. The summed E-state index contributed by atoms with van der Waals surface area (Å²) in [6.07, 6.45) is 3.24. The van der Waals surface area contributed by atoms with Crippen LogP contribution < -0.4 is 5.32 Å². The van der Waals surface area contributed by atoms with Gasteiger partial charge in [-0.15, -0.1) is 0 Å². The molecular weight excluding hydrogens is 298 g/mol. The monoisotopic (exact) mass is 323 g/mol. The van der Waals surface area contributed by atoms with Crippen molar-refractivity contribution in [3.63, 3.8) is 0 Å². The van der Waals surface area contributed by atoms with E-state index in [0.29, 0.717) is 31.3 Å². The third-order valence-electron chi connectivity index (χ3n) is 4.18. The Bertz CT molecular complexity index is 527. The van der Waals surface area contributed by atoms with Crippen LogP contribution in [0.5, 0.6) is 0 Å². The molecule has 3 rings (SSSR count). The van der Waals surface area contributed by atoms with Crippen molar-refractivity contribution in [2.45, 2.75) is 38.4 Å². The van der Waals surface area contributed by atoms with E-state index in [4.69, 9.17) is 14.0 Å². The number of aryl methyl sites for hydroxylation is 1. The molecule has 0 bridgehead atoms. The Hall–Kier alpha value is -1.67. The highest BCUT2D eigenvalue weighted by molar-refractivity contribution is 5.80. The van der Waals surface area contributed by atoms with E-state index in [1.54, 1.807) is 7.05 Å². The van der Waals surface area contributed by atoms with Gasteiger partial charge in [0.25, 0.3) is 0 Å². The van der Waals surface area contributed by atoms with Crippen LogP contribution in [0.15, 0.2) is 9.52 Å². The van der Waals surface area contributed by atoms with E-state index in [-0.39, 0.29) is 12.2 Å². The Balaban J connectivity index is 1.49. The van der Waals surface area contributed by atoms with Crippen molar-refractivity contribution in [2.75, 3.05) is 39.9 Å². The molecule has 8 heteroatoms. The molecule has 2 aliphatic heterocycles. The van der Waals surface area contributed by atoms with Gasteiger partial charge in [-0.25, -0.2) is 0 Å². The third-order valence-corrected chi connectivity index (χ3v) is 4.18. The number of guanidine groups is 1. The first-order valence-corrected chi connectivity index (χ1v) is 8.24. The van der Waals surface area contributed by atoms with E-state index < -0.39 is 0 Å². The van der Waals surface area contributed by atoms with Crippen molar-refractivity contribution in [1.82, 2.24) is 20.4 Å². The van der Waals surface area contributed by atoms with Crippen LogP contribution in [0.25, 0.3) is 0 Å². The maximum absolute atomic E-state index is 5.88. The molecule has 128 valence electrons. The Morgan fingerprint density at radius 1 is 1.35 bits per heavy atom. The number of morpholine rings is 1. The molecule has 3 heterocycles. The Kier molecular flexibility index (Phi) is 5.45. The van der Waals surface area contributed by atoms with Gasteiger partial charge < -0.3 is 24.2 Å². The maximum Gasteiger partial charge on any atom is 0.228 e. The highest BCUT2D eigenvalue weighted by Gasteiger charge is 2.32. The zero-order chi connectivity index (χ0) is 16.1. The summed E-state index contributed by atoms with van der Waals surface area (Å²) in [6, 6.07) is 0. The molecule has 1 aromatic rings. The van der Waals surface area contributed by atoms with Gasteiger partial charge >= 0.3 is 0 Å². The molecule has 23 heavy (non-hydrogen) atoms. The van der Waals surface area contributed by atoms with Crippen molar-refractivity contribution in [3.05, 3.63) is 11.7 Å².